The molecule has 0 atom stereocenters. The predicted octanol–water partition coefficient (Wildman–Crippen LogP) is 2.68. The van der Waals surface area contributed by atoms with E-state index in [1.165, 1.54) is 0 Å². The second kappa shape index (κ2) is 6.68. The molecule has 1 aliphatic rings. The van der Waals surface area contributed by atoms with Crippen molar-refractivity contribution < 1.29 is 4.42 Å². The van der Waals surface area contributed by atoms with Gasteiger partial charge in [0.15, 0.2) is 0 Å². The summed E-state index contributed by atoms with van der Waals surface area (Å²) in [5, 5.41) is 11.7. The SMILES string of the molecule is CCCN(Cc1nnc(-c2ccc(Br)cc2)o1)C1CNC1. The number of benzene rings is 1. The summed E-state index contributed by atoms with van der Waals surface area (Å²) < 4.78 is 6.84. The zero-order chi connectivity index (χ0) is 14.7. The van der Waals surface area contributed by atoms with E-state index in [0.29, 0.717) is 17.8 Å². The Kier molecular flexibility index (Phi) is 4.67. The number of rotatable bonds is 6. The maximum Gasteiger partial charge on any atom is 0.247 e. The Morgan fingerprint density at radius 1 is 1.29 bits per heavy atom. The van der Waals surface area contributed by atoms with Crippen molar-refractivity contribution in [3.63, 3.8) is 0 Å². The average molecular weight is 351 g/mol. The molecule has 0 unspecified atom stereocenters. The summed E-state index contributed by atoms with van der Waals surface area (Å²) in [6.45, 7) is 6.08. The molecule has 112 valence electrons. The summed E-state index contributed by atoms with van der Waals surface area (Å²) in [5.74, 6) is 1.27. The second-order valence-corrected chi connectivity index (χ2v) is 6.21. The Morgan fingerprint density at radius 2 is 2.05 bits per heavy atom. The van der Waals surface area contributed by atoms with Crippen LogP contribution in [0.4, 0.5) is 0 Å². The fourth-order valence-electron chi connectivity index (χ4n) is 2.41. The monoisotopic (exact) mass is 350 g/mol. The number of hydrogen-bond donors (Lipinski definition) is 1. The Hall–Kier alpha value is -1.24. The van der Waals surface area contributed by atoms with Crippen molar-refractivity contribution in [2.75, 3.05) is 19.6 Å². The lowest BCUT2D eigenvalue weighted by atomic mass is 10.1. The minimum absolute atomic E-state index is 0.584. The van der Waals surface area contributed by atoms with Crippen molar-refractivity contribution in [1.29, 1.82) is 0 Å². The van der Waals surface area contributed by atoms with Gasteiger partial charge in [-0.2, -0.15) is 0 Å². The third kappa shape index (κ3) is 3.51. The Balaban J connectivity index is 1.70. The molecule has 1 aliphatic heterocycles. The molecule has 1 fully saturated rings. The molecule has 0 bridgehead atoms. The van der Waals surface area contributed by atoms with Crippen molar-refractivity contribution in [2.24, 2.45) is 0 Å². The van der Waals surface area contributed by atoms with Crippen LogP contribution in [-0.2, 0) is 6.54 Å². The molecule has 3 rings (SSSR count). The van der Waals surface area contributed by atoms with Gasteiger partial charge in [-0.1, -0.05) is 22.9 Å². The number of nitrogens with one attached hydrogen (secondary N) is 1. The van der Waals surface area contributed by atoms with Gasteiger partial charge in [-0.25, -0.2) is 0 Å². The fraction of sp³-hybridized carbons (Fsp3) is 0.467. The third-order valence-electron chi connectivity index (χ3n) is 3.68. The van der Waals surface area contributed by atoms with Crippen molar-refractivity contribution in [2.45, 2.75) is 25.9 Å². The van der Waals surface area contributed by atoms with Gasteiger partial charge in [0.25, 0.3) is 0 Å². The maximum atomic E-state index is 5.81. The van der Waals surface area contributed by atoms with Gasteiger partial charge in [0.2, 0.25) is 11.8 Å². The molecule has 0 aliphatic carbocycles. The molecule has 0 saturated carbocycles. The highest BCUT2D eigenvalue weighted by Gasteiger charge is 2.25. The summed E-state index contributed by atoms with van der Waals surface area (Å²) in [5.41, 5.74) is 0.948. The quantitative estimate of drug-likeness (QED) is 0.867. The normalized spacial score (nSPS) is 15.4. The van der Waals surface area contributed by atoms with E-state index in [1.807, 2.05) is 24.3 Å². The highest BCUT2D eigenvalue weighted by atomic mass is 79.9. The summed E-state index contributed by atoms with van der Waals surface area (Å²) in [6.07, 6.45) is 1.13. The van der Waals surface area contributed by atoms with E-state index in [-0.39, 0.29) is 0 Å². The molecular formula is C15H19BrN4O. The van der Waals surface area contributed by atoms with Crippen LogP contribution < -0.4 is 5.32 Å². The first-order valence-electron chi connectivity index (χ1n) is 7.29. The van der Waals surface area contributed by atoms with Gasteiger partial charge in [-0.15, -0.1) is 10.2 Å². The minimum atomic E-state index is 0.584. The van der Waals surface area contributed by atoms with Crippen LogP contribution in [0.15, 0.2) is 33.2 Å². The van der Waals surface area contributed by atoms with Gasteiger partial charge in [0, 0.05) is 29.2 Å². The average Bonchev–Trinajstić information content (AvgIpc) is 2.86. The van der Waals surface area contributed by atoms with Crippen molar-refractivity contribution in [1.82, 2.24) is 20.4 Å². The van der Waals surface area contributed by atoms with Crippen LogP contribution in [0.2, 0.25) is 0 Å². The molecule has 1 aromatic carbocycles. The van der Waals surface area contributed by atoms with E-state index < -0.39 is 0 Å². The van der Waals surface area contributed by atoms with Crippen molar-refractivity contribution >= 4 is 15.9 Å². The van der Waals surface area contributed by atoms with E-state index in [2.05, 4.69) is 43.3 Å². The summed E-state index contributed by atoms with van der Waals surface area (Å²) >= 11 is 3.42. The molecule has 5 nitrogen and oxygen atoms in total. The van der Waals surface area contributed by atoms with Crippen LogP contribution in [0.25, 0.3) is 11.5 Å². The largest absolute Gasteiger partial charge is 0.419 e. The summed E-state index contributed by atoms with van der Waals surface area (Å²) in [6, 6.07) is 8.49. The van der Waals surface area contributed by atoms with E-state index in [4.69, 9.17) is 4.42 Å². The van der Waals surface area contributed by atoms with Gasteiger partial charge in [0.1, 0.15) is 0 Å². The van der Waals surface area contributed by atoms with Crippen molar-refractivity contribution in [3.8, 4) is 11.5 Å². The number of halogens is 1. The highest BCUT2D eigenvalue weighted by molar-refractivity contribution is 9.10. The lowest BCUT2D eigenvalue weighted by Gasteiger charge is -2.37. The topological polar surface area (TPSA) is 54.2 Å². The molecule has 6 heteroatoms. The van der Waals surface area contributed by atoms with E-state index >= 15 is 0 Å². The number of nitrogens with zero attached hydrogens (tertiary/aromatic N) is 3. The van der Waals surface area contributed by atoms with Crippen LogP contribution in [0.3, 0.4) is 0 Å². The molecule has 1 saturated heterocycles. The predicted molar refractivity (Wildman–Crippen MR) is 84.8 cm³/mol. The molecular weight excluding hydrogens is 332 g/mol. The van der Waals surface area contributed by atoms with Gasteiger partial charge in [-0.3, -0.25) is 4.90 Å². The Bertz CT molecular complexity index is 580. The molecule has 0 spiro atoms. The van der Waals surface area contributed by atoms with Gasteiger partial charge >= 0.3 is 0 Å². The van der Waals surface area contributed by atoms with Crippen LogP contribution in [0, 0.1) is 0 Å². The zero-order valence-corrected chi connectivity index (χ0v) is 13.6. The second-order valence-electron chi connectivity index (χ2n) is 5.29. The van der Waals surface area contributed by atoms with Crippen LogP contribution in [0.1, 0.15) is 19.2 Å². The molecule has 2 aromatic rings. The summed E-state index contributed by atoms with van der Waals surface area (Å²) in [4.78, 5) is 2.41. The first-order chi connectivity index (χ1) is 10.3. The minimum Gasteiger partial charge on any atom is -0.419 e. The Labute approximate surface area is 132 Å². The molecule has 0 radical (unpaired) electrons. The zero-order valence-electron chi connectivity index (χ0n) is 12.1. The molecule has 0 amide bonds. The lowest BCUT2D eigenvalue weighted by Crippen LogP contribution is -2.57. The highest BCUT2D eigenvalue weighted by Crippen LogP contribution is 2.21. The molecule has 21 heavy (non-hydrogen) atoms. The van der Waals surface area contributed by atoms with E-state index in [9.17, 15) is 0 Å². The van der Waals surface area contributed by atoms with Gasteiger partial charge in [-0.05, 0) is 37.2 Å². The fourth-order valence-corrected chi connectivity index (χ4v) is 2.67. The number of hydrogen-bond acceptors (Lipinski definition) is 5. The standard InChI is InChI=1S/C15H19BrN4O/c1-2-7-20(13-8-17-9-13)10-14-18-19-15(21-14)11-3-5-12(16)6-4-11/h3-6,13,17H,2,7-10H2,1H3. The smallest absolute Gasteiger partial charge is 0.247 e. The van der Waals surface area contributed by atoms with E-state index in [1.54, 1.807) is 0 Å². The van der Waals surface area contributed by atoms with Gasteiger partial charge < -0.3 is 9.73 Å². The van der Waals surface area contributed by atoms with Crippen molar-refractivity contribution in [3.05, 3.63) is 34.6 Å². The Morgan fingerprint density at radius 3 is 2.67 bits per heavy atom. The maximum absolute atomic E-state index is 5.81. The summed E-state index contributed by atoms with van der Waals surface area (Å²) in [7, 11) is 0. The third-order valence-corrected chi connectivity index (χ3v) is 4.21. The molecule has 1 N–H and O–H groups in total. The molecule has 2 heterocycles. The lowest BCUT2D eigenvalue weighted by molar-refractivity contribution is 0.126. The first-order valence-corrected chi connectivity index (χ1v) is 8.08. The van der Waals surface area contributed by atoms with Crippen LogP contribution in [0.5, 0.6) is 0 Å². The number of aromatic nitrogens is 2. The van der Waals surface area contributed by atoms with Crippen LogP contribution >= 0.6 is 15.9 Å². The van der Waals surface area contributed by atoms with E-state index in [0.717, 1.165) is 42.6 Å². The first kappa shape index (κ1) is 14.7. The van der Waals surface area contributed by atoms with Gasteiger partial charge in [0.05, 0.1) is 6.54 Å². The van der Waals surface area contributed by atoms with Crippen LogP contribution in [-0.4, -0.2) is 40.8 Å². The molecule has 1 aromatic heterocycles.